The largest absolute Gasteiger partial charge is 0.466 e. The Labute approximate surface area is 123 Å². The minimum atomic E-state index is -0.320. The number of ether oxygens (including phenoxy) is 1. The second-order valence-corrected chi connectivity index (χ2v) is 6.42. The maximum atomic E-state index is 11.7. The van der Waals surface area contributed by atoms with Crippen LogP contribution in [0.5, 0.6) is 0 Å². The topological polar surface area (TPSA) is 107 Å². The normalized spacial score (nSPS) is 24.8. The molecule has 0 aromatic carbocycles. The third kappa shape index (κ3) is 2.24. The Morgan fingerprint density at radius 1 is 1.65 bits per heavy atom. The van der Waals surface area contributed by atoms with Gasteiger partial charge in [-0.3, -0.25) is 4.79 Å². The first-order chi connectivity index (χ1) is 9.53. The number of nitrogens with one attached hydrogen (secondary N) is 1. The Morgan fingerprint density at radius 2 is 2.45 bits per heavy atom. The zero-order valence-corrected chi connectivity index (χ0v) is 12.5. The van der Waals surface area contributed by atoms with Gasteiger partial charge in [-0.2, -0.15) is 0 Å². The Morgan fingerprint density at radius 3 is 3.20 bits per heavy atom. The number of imidazole rings is 1. The van der Waals surface area contributed by atoms with E-state index < -0.39 is 0 Å². The standard InChI is InChI=1S/C12H14BrN5O2/c1-2-20-11(19)6-3-12(6,13)4-7-17-9(14)8-10(18-7)16-5-15-8/h5-6H,2-4H2,1H3,(H3,14,15,16,17,18). The van der Waals surface area contributed by atoms with Gasteiger partial charge in [0.25, 0.3) is 0 Å². The van der Waals surface area contributed by atoms with Gasteiger partial charge in [0.15, 0.2) is 11.5 Å². The third-order valence-corrected chi connectivity index (χ3v) is 4.54. The monoisotopic (exact) mass is 339 g/mol. The van der Waals surface area contributed by atoms with Crippen LogP contribution in [0.1, 0.15) is 19.2 Å². The SMILES string of the molecule is CCOC(=O)C1CC1(Br)Cc1nc(N)c2nc[nH]c2n1. The van der Waals surface area contributed by atoms with Gasteiger partial charge in [-0.1, -0.05) is 15.9 Å². The van der Waals surface area contributed by atoms with Crippen molar-refractivity contribution in [1.29, 1.82) is 0 Å². The van der Waals surface area contributed by atoms with Crippen LogP contribution in [0.25, 0.3) is 11.2 Å². The maximum absolute atomic E-state index is 11.7. The van der Waals surface area contributed by atoms with Crippen molar-refractivity contribution in [1.82, 2.24) is 19.9 Å². The van der Waals surface area contributed by atoms with Gasteiger partial charge in [-0.05, 0) is 13.3 Å². The molecule has 106 valence electrons. The van der Waals surface area contributed by atoms with Gasteiger partial charge in [0.05, 0.1) is 18.9 Å². The predicted octanol–water partition coefficient (Wildman–Crippen LogP) is 1.19. The number of rotatable bonds is 4. The average molecular weight is 340 g/mol. The van der Waals surface area contributed by atoms with E-state index in [9.17, 15) is 4.79 Å². The van der Waals surface area contributed by atoms with Crippen LogP contribution in [0.2, 0.25) is 0 Å². The van der Waals surface area contributed by atoms with Gasteiger partial charge < -0.3 is 15.5 Å². The minimum absolute atomic E-state index is 0.148. The Kier molecular flexibility index (Phi) is 3.12. The molecule has 0 aliphatic heterocycles. The summed E-state index contributed by atoms with van der Waals surface area (Å²) in [5.74, 6) is 0.600. The summed E-state index contributed by atoms with van der Waals surface area (Å²) in [6.45, 7) is 2.19. The summed E-state index contributed by atoms with van der Waals surface area (Å²) in [7, 11) is 0. The van der Waals surface area contributed by atoms with Crippen molar-refractivity contribution in [3.05, 3.63) is 12.2 Å². The number of hydrogen-bond acceptors (Lipinski definition) is 6. The number of carbonyl (C=O) groups excluding carboxylic acids is 1. The number of alkyl halides is 1. The summed E-state index contributed by atoms with van der Waals surface area (Å²) in [5, 5.41) is 0. The fourth-order valence-electron chi connectivity index (χ4n) is 2.26. The quantitative estimate of drug-likeness (QED) is 0.640. The van der Waals surface area contributed by atoms with E-state index in [2.05, 4.69) is 35.9 Å². The van der Waals surface area contributed by atoms with E-state index in [1.807, 2.05) is 0 Å². The summed E-state index contributed by atoms with van der Waals surface area (Å²) < 4.78 is 4.71. The van der Waals surface area contributed by atoms with Crippen molar-refractivity contribution in [2.24, 2.45) is 5.92 Å². The molecule has 0 spiro atoms. The van der Waals surface area contributed by atoms with Gasteiger partial charge in [0, 0.05) is 10.7 Å². The van der Waals surface area contributed by atoms with E-state index in [0.717, 1.165) is 6.42 Å². The molecule has 0 amide bonds. The van der Waals surface area contributed by atoms with Crippen LogP contribution < -0.4 is 5.73 Å². The van der Waals surface area contributed by atoms with Crippen LogP contribution in [-0.4, -0.2) is 36.8 Å². The van der Waals surface area contributed by atoms with Gasteiger partial charge in [-0.25, -0.2) is 15.0 Å². The highest BCUT2D eigenvalue weighted by atomic mass is 79.9. The molecule has 0 radical (unpaired) electrons. The maximum Gasteiger partial charge on any atom is 0.310 e. The zero-order chi connectivity index (χ0) is 14.3. The fourth-order valence-corrected chi connectivity index (χ4v) is 3.02. The van der Waals surface area contributed by atoms with Gasteiger partial charge in [0.1, 0.15) is 11.3 Å². The lowest BCUT2D eigenvalue weighted by atomic mass is 10.2. The van der Waals surface area contributed by atoms with E-state index in [4.69, 9.17) is 10.5 Å². The summed E-state index contributed by atoms with van der Waals surface area (Å²) in [5.41, 5.74) is 7.02. The molecule has 1 saturated carbocycles. The highest BCUT2D eigenvalue weighted by Gasteiger charge is 2.58. The Bertz CT molecular complexity index is 673. The fraction of sp³-hybridized carbons (Fsp3) is 0.500. The second-order valence-electron chi connectivity index (χ2n) is 4.84. The number of nitrogens with two attached hydrogens (primary N) is 1. The van der Waals surface area contributed by atoms with Crippen LogP contribution in [0.4, 0.5) is 5.82 Å². The number of nitrogens with zero attached hydrogens (tertiary/aromatic N) is 3. The first-order valence-electron chi connectivity index (χ1n) is 6.34. The number of halogens is 1. The number of nitrogen functional groups attached to an aromatic ring is 1. The predicted molar refractivity (Wildman–Crippen MR) is 76.2 cm³/mol. The van der Waals surface area contributed by atoms with Crippen LogP contribution >= 0.6 is 15.9 Å². The molecule has 7 nitrogen and oxygen atoms in total. The highest BCUT2D eigenvalue weighted by Crippen LogP contribution is 2.53. The lowest BCUT2D eigenvalue weighted by Gasteiger charge is -2.08. The molecule has 20 heavy (non-hydrogen) atoms. The van der Waals surface area contributed by atoms with Crippen molar-refractivity contribution >= 4 is 38.9 Å². The molecule has 2 aromatic heterocycles. The summed E-state index contributed by atoms with van der Waals surface area (Å²) in [4.78, 5) is 27.3. The van der Waals surface area contributed by atoms with E-state index in [1.165, 1.54) is 6.33 Å². The molecule has 1 aliphatic carbocycles. The number of aromatic nitrogens is 4. The summed E-state index contributed by atoms with van der Waals surface area (Å²) in [6.07, 6.45) is 2.77. The molecular formula is C12H14BrN5O2. The van der Waals surface area contributed by atoms with E-state index in [1.54, 1.807) is 6.92 Å². The molecule has 3 rings (SSSR count). The zero-order valence-electron chi connectivity index (χ0n) is 10.9. The average Bonchev–Trinajstić information content (AvgIpc) is 2.84. The number of H-pyrrole nitrogens is 1. The number of fused-ring (bicyclic) bond motifs is 1. The Balaban J connectivity index is 1.79. The third-order valence-electron chi connectivity index (χ3n) is 3.38. The van der Waals surface area contributed by atoms with E-state index >= 15 is 0 Å². The van der Waals surface area contributed by atoms with Crippen molar-refractivity contribution in [2.75, 3.05) is 12.3 Å². The number of anilines is 1. The summed E-state index contributed by atoms with van der Waals surface area (Å²) >= 11 is 3.60. The number of esters is 1. The van der Waals surface area contributed by atoms with Crippen molar-refractivity contribution in [2.45, 2.75) is 24.1 Å². The van der Waals surface area contributed by atoms with Gasteiger partial charge in [0.2, 0.25) is 0 Å². The van der Waals surface area contributed by atoms with Gasteiger partial charge >= 0.3 is 5.97 Å². The van der Waals surface area contributed by atoms with Crippen molar-refractivity contribution in [3.8, 4) is 0 Å². The van der Waals surface area contributed by atoms with E-state index in [-0.39, 0.29) is 16.2 Å². The smallest absolute Gasteiger partial charge is 0.310 e. The lowest BCUT2D eigenvalue weighted by molar-refractivity contribution is -0.144. The van der Waals surface area contributed by atoms with E-state index in [0.29, 0.717) is 35.8 Å². The molecule has 0 bridgehead atoms. The first kappa shape index (κ1) is 13.3. The highest BCUT2D eigenvalue weighted by molar-refractivity contribution is 9.10. The van der Waals surface area contributed by atoms with Crippen LogP contribution in [0, 0.1) is 5.92 Å². The first-order valence-corrected chi connectivity index (χ1v) is 7.14. The number of carbonyl (C=O) groups is 1. The second kappa shape index (κ2) is 4.69. The summed E-state index contributed by atoms with van der Waals surface area (Å²) in [6, 6.07) is 0. The van der Waals surface area contributed by atoms with Crippen molar-refractivity contribution in [3.63, 3.8) is 0 Å². The molecule has 2 heterocycles. The molecule has 2 aromatic rings. The number of hydrogen-bond donors (Lipinski definition) is 2. The minimum Gasteiger partial charge on any atom is -0.466 e. The molecule has 8 heteroatoms. The molecule has 1 aliphatic rings. The van der Waals surface area contributed by atoms with Gasteiger partial charge in [-0.15, -0.1) is 0 Å². The molecule has 2 unspecified atom stereocenters. The van der Waals surface area contributed by atoms with Crippen LogP contribution in [0.15, 0.2) is 6.33 Å². The molecule has 2 atom stereocenters. The lowest BCUT2D eigenvalue weighted by Crippen LogP contribution is -2.17. The molecule has 0 saturated heterocycles. The van der Waals surface area contributed by atoms with Crippen molar-refractivity contribution < 1.29 is 9.53 Å². The molecular weight excluding hydrogens is 326 g/mol. The molecule has 1 fully saturated rings. The Hall–Kier alpha value is -1.70. The van der Waals surface area contributed by atoms with Crippen LogP contribution in [0.3, 0.4) is 0 Å². The van der Waals surface area contributed by atoms with Crippen LogP contribution in [-0.2, 0) is 16.0 Å². The molecule has 3 N–H and O–H groups in total. The number of aromatic amines is 1.